The van der Waals surface area contributed by atoms with Gasteiger partial charge in [0.1, 0.15) is 11.5 Å². The van der Waals surface area contributed by atoms with Crippen molar-refractivity contribution in [2.75, 3.05) is 7.11 Å². The van der Waals surface area contributed by atoms with Crippen molar-refractivity contribution in [2.45, 2.75) is 19.4 Å². The molecule has 0 bridgehead atoms. The van der Waals surface area contributed by atoms with E-state index >= 15 is 0 Å². The summed E-state index contributed by atoms with van der Waals surface area (Å²) in [6, 6.07) is 7.63. The Morgan fingerprint density at radius 2 is 2.18 bits per heavy atom. The maximum Gasteiger partial charge on any atom is 0.191 e. The molecule has 0 aliphatic heterocycles. The van der Waals surface area contributed by atoms with Crippen LogP contribution in [0.4, 0.5) is 0 Å². The Hall–Kier alpha value is -1.81. The number of para-hydroxylation sites is 1. The van der Waals surface area contributed by atoms with E-state index in [4.69, 9.17) is 14.9 Å². The van der Waals surface area contributed by atoms with E-state index in [1.165, 1.54) is 0 Å². The first-order chi connectivity index (χ1) is 8.20. The van der Waals surface area contributed by atoms with Crippen molar-refractivity contribution in [3.8, 4) is 5.75 Å². The molecule has 17 heavy (non-hydrogen) atoms. The van der Waals surface area contributed by atoms with Gasteiger partial charge in [0.25, 0.3) is 0 Å². The van der Waals surface area contributed by atoms with E-state index < -0.39 is 0 Å². The number of ether oxygens (including phenoxy) is 1. The third kappa shape index (κ3) is 2.65. The minimum Gasteiger partial charge on any atom is -0.496 e. The summed E-state index contributed by atoms with van der Waals surface area (Å²) in [5.74, 6) is 2.18. The number of hydrogen-bond acceptors (Lipinski definition) is 4. The van der Waals surface area contributed by atoms with Gasteiger partial charge in [0, 0.05) is 6.92 Å². The van der Waals surface area contributed by atoms with E-state index in [1.807, 2.05) is 24.3 Å². The Morgan fingerprint density at radius 1 is 1.41 bits per heavy atom. The summed E-state index contributed by atoms with van der Waals surface area (Å²) in [6.45, 7) is 1.80. The third-order valence-corrected chi connectivity index (χ3v) is 2.64. The number of rotatable bonds is 4. The Balaban J connectivity index is 2.15. The average molecular weight is 232 g/mol. The molecule has 1 unspecified atom stereocenters. The summed E-state index contributed by atoms with van der Waals surface area (Å²) in [5, 5.41) is 0. The molecule has 1 aromatic carbocycles. The molecule has 0 saturated carbocycles. The predicted octanol–water partition coefficient (Wildman–Crippen LogP) is 2.23. The second kappa shape index (κ2) is 5.01. The van der Waals surface area contributed by atoms with Crippen LogP contribution in [0.3, 0.4) is 0 Å². The molecule has 1 aromatic heterocycles. The first-order valence-corrected chi connectivity index (χ1v) is 5.50. The Labute approximate surface area is 100 Å². The van der Waals surface area contributed by atoms with Crippen LogP contribution >= 0.6 is 0 Å². The minimum atomic E-state index is -0.201. The van der Waals surface area contributed by atoms with Gasteiger partial charge in [-0.25, -0.2) is 4.98 Å². The summed E-state index contributed by atoms with van der Waals surface area (Å²) in [7, 11) is 1.66. The number of aryl methyl sites for hydroxylation is 1. The van der Waals surface area contributed by atoms with Crippen molar-refractivity contribution in [2.24, 2.45) is 5.73 Å². The van der Waals surface area contributed by atoms with Crippen LogP contribution in [0.2, 0.25) is 0 Å². The normalized spacial score (nSPS) is 12.4. The lowest BCUT2D eigenvalue weighted by Gasteiger charge is -2.11. The summed E-state index contributed by atoms with van der Waals surface area (Å²) in [6.07, 6.45) is 2.34. The van der Waals surface area contributed by atoms with Gasteiger partial charge in [-0.3, -0.25) is 0 Å². The lowest BCUT2D eigenvalue weighted by atomic mass is 10.0. The quantitative estimate of drug-likeness (QED) is 0.878. The lowest BCUT2D eigenvalue weighted by molar-refractivity contribution is 0.402. The van der Waals surface area contributed by atoms with Crippen molar-refractivity contribution in [1.82, 2.24) is 4.98 Å². The van der Waals surface area contributed by atoms with Crippen molar-refractivity contribution in [3.63, 3.8) is 0 Å². The van der Waals surface area contributed by atoms with Gasteiger partial charge in [0.05, 0.1) is 19.3 Å². The highest BCUT2D eigenvalue weighted by Gasteiger charge is 2.13. The molecule has 90 valence electrons. The summed E-state index contributed by atoms with van der Waals surface area (Å²) >= 11 is 0. The van der Waals surface area contributed by atoms with E-state index in [9.17, 15) is 0 Å². The van der Waals surface area contributed by atoms with E-state index in [0.29, 0.717) is 18.1 Å². The fourth-order valence-electron chi connectivity index (χ4n) is 1.76. The van der Waals surface area contributed by atoms with Crippen molar-refractivity contribution < 1.29 is 9.15 Å². The zero-order valence-electron chi connectivity index (χ0n) is 10.0. The number of aromatic nitrogens is 1. The van der Waals surface area contributed by atoms with Gasteiger partial charge in [0.2, 0.25) is 0 Å². The van der Waals surface area contributed by atoms with Gasteiger partial charge in [-0.1, -0.05) is 18.2 Å². The van der Waals surface area contributed by atoms with Crippen molar-refractivity contribution in [3.05, 3.63) is 47.7 Å². The standard InChI is InChI=1S/C13H16N2O2/c1-9-15-8-13(17-9)11(14)7-10-5-3-4-6-12(10)16-2/h3-6,8,11H,7,14H2,1-2H3. The second-order valence-corrected chi connectivity index (χ2v) is 3.90. The number of oxazole rings is 1. The number of nitrogens with zero attached hydrogens (tertiary/aromatic N) is 1. The molecule has 0 aliphatic carbocycles. The first-order valence-electron chi connectivity index (χ1n) is 5.50. The van der Waals surface area contributed by atoms with Crippen LogP contribution in [-0.4, -0.2) is 12.1 Å². The van der Waals surface area contributed by atoms with Gasteiger partial charge in [-0.05, 0) is 18.1 Å². The number of benzene rings is 1. The molecule has 4 heteroatoms. The molecule has 0 aliphatic rings. The molecule has 2 rings (SSSR count). The molecule has 2 aromatic rings. The maximum absolute atomic E-state index is 6.07. The lowest BCUT2D eigenvalue weighted by Crippen LogP contribution is -2.13. The smallest absolute Gasteiger partial charge is 0.191 e. The Morgan fingerprint density at radius 3 is 2.82 bits per heavy atom. The van der Waals surface area contributed by atoms with E-state index in [-0.39, 0.29) is 6.04 Å². The highest BCUT2D eigenvalue weighted by atomic mass is 16.5. The molecular formula is C13H16N2O2. The van der Waals surface area contributed by atoms with Crippen LogP contribution in [0.1, 0.15) is 23.3 Å². The fourth-order valence-corrected chi connectivity index (χ4v) is 1.76. The van der Waals surface area contributed by atoms with Gasteiger partial charge >= 0.3 is 0 Å². The molecule has 4 nitrogen and oxygen atoms in total. The van der Waals surface area contributed by atoms with E-state index in [2.05, 4.69) is 4.98 Å². The molecule has 2 N–H and O–H groups in total. The SMILES string of the molecule is COc1ccccc1CC(N)c1cnc(C)o1. The van der Waals surface area contributed by atoms with E-state index in [0.717, 1.165) is 11.3 Å². The number of nitrogens with two attached hydrogens (primary N) is 1. The second-order valence-electron chi connectivity index (χ2n) is 3.90. The summed E-state index contributed by atoms with van der Waals surface area (Å²) in [4.78, 5) is 4.04. The summed E-state index contributed by atoms with van der Waals surface area (Å²) in [5.41, 5.74) is 7.14. The third-order valence-electron chi connectivity index (χ3n) is 2.64. The van der Waals surface area contributed by atoms with Crippen LogP contribution in [-0.2, 0) is 6.42 Å². The number of methoxy groups -OCH3 is 1. The van der Waals surface area contributed by atoms with Crippen LogP contribution in [0.5, 0.6) is 5.75 Å². The fraction of sp³-hybridized carbons (Fsp3) is 0.308. The van der Waals surface area contributed by atoms with Gasteiger partial charge in [-0.15, -0.1) is 0 Å². The Bertz CT molecular complexity index is 494. The van der Waals surface area contributed by atoms with Crippen LogP contribution in [0, 0.1) is 6.92 Å². The van der Waals surface area contributed by atoms with E-state index in [1.54, 1.807) is 20.2 Å². The number of hydrogen-bond donors (Lipinski definition) is 1. The molecule has 0 radical (unpaired) electrons. The molecule has 0 amide bonds. The average Bonchev–Trinajstić information content (AvgIpc) is 2.77. The van der Waals surface area contributed by atoms with Crippen molar-refractivity contribution >= 4 is 0 Å². The molecule has 1 heterocycles. The largest absolute Gasteiger partial charge is 0.496 e. The van der Waals surface area contributed by atoms with Gasteiger partial charge < -0.3 is 14.9 Å². The van der Waals surface area contributed by atoms with Crippen LogP contribution < -0.4 is 10.5 Å². The molecule has 0 saturated heterocycles. The predicted molar refractivity (Wildman–Crippen MR) is 64.9 cm³/mol. The molecule has 0 spiro atoms. The maximum atomic E-state index is 6.07. The minimum absolute atomic E-state index is 0.201. The van der Waals surface area contributed by atoms with Gasteiger partial charge in [-0.2, -0.15) is 0 Å². The van der Waals surface area contributed by atoms with Crippen LogP contribution in [0.25, 0.3) is 0 Å². The monoisotopic (exact) mass is 232 g/mol. The first kappa shape index (κ1) is 11.7. The van der Waals surface area contributed by atoms with Gasteiger partial charge in [0.15, 0.2) is 5.89 Å². The molecule has 1 atom stereocenters. The highest BCUT2D eigenvalue weighted by molar-refractivity contribution is 5.34. The Kier molecular flexibility index (Phi) is 3.44. The topological polar surface area (TPSA) is 61.3 Å². The molecular weight excluding hydrogens is 216 g/mol. The van der Waals surface area contributed by atoms with Crippen molar-refractivity contribution in [1.29, 1.82) is 0 Å². The zero-order valence-corrected chi connectivity index (χ0v) is 10.0. The zero-order chi connectivity index (χ0) is 12.3. The summed E-state index contributed by atoms with van der Waals surface area (Å²) < 4.78 is 10.7. The highest BCUT2D eigenvalue weighted by Crippen LogP contribution is 2.23. The van der Waals surface area contributed by atoms with Crippen LogP contribution in [0.15, 0.2) is 34.9 Å². The molecule has 0 fully saturated rings.